The van der Waals surface area contributed by atoms with E-state index in [-0.39, 0.29) is 5.41 Å². The predicted molar refractivity (Wildman–Crippen MR) is 148 cm³/mol. The Kier molecular flexibility index (Phi) is 5.26. The third-order valence-corrected chi connectivity index (χ3v) is 7.31. The van der Waals surface area contributed by atoms with Crippen molar-refractivity contribution in [3.05, 3.63) is 150 Å². The highest BCUT2D eigenvalue weighted by molar-refractivity contribution is 5.87. The van der Waals surface area contributed by atoms with E-state index in [0.29, 0.717) is 0 Å². The van der Waals surface area contributed by atoms with Gasteiger partial charge < -0.3 is 4.90 Å². The molecule has 0 radical (unpaired) electrons. The SMILES string of the molecule is CC1(C)c2ccccc2-c2cc(N(c3ccccc3)c3ccccc3Cc3ccccc3)ccc21. The van der Waals surface area contributed by atoms with Crippen molar-refractivity contribution in [3.63, 3.8) is 0 Å². The number of para-hydroxylation sites is 2. The van der Waals surface area contributed by atoms with Crippen LogP contribution in [0.4, 0.5) is 17.1 Å². The van der Waals surface area contributed by atoms with Crippen LogP contribution in [-0.2, 0) is 11.8 Å². The molecule has 6 rings (SSSR count). The highest BCUT2D eigenvalue weighted by Crippen LogP contribution is 2.50. The largest absolute Gasteiger partial charge is 0.310 e. The lowest BCUT2D eigenvalue weighted by Gasteiger charge is -2.29. The quantitative estimate of drug-likeness (QED) is 0.258. The third-order valence-electron chi connectivity index (χ3n) is 7.31. The Bertz CT molecular complexity index is 1480. The predicted octanol–water partition coefficient (Wildman–Crippen LogP) is 9.05. The monoisotopic (exact) mass is 451 g/mol. The fourth-order valence-electron chi connectivity index (χ4n) is 5.55. The van der Waals surface area contributed by atoms with Gasteiger partial charge in [0.1, 0.15) is 0 Å². The number of fused-ring (bicyclic) bond motifs is 3. The Morgan fingerprint density at radius 1 is 0.543 bits per heavy atom. The molecule has 0 fully saturated rings. The molecule has 1 aliphatic rings. The van der Waals surface area contributed by atoms with Crippen molar-refractivity contribution in [1.82, 2.24) is 0 Å². The first-order chi connectivity index (χ1) is 17.1. The van der Waals surface area contributed by atoms with Crippen molar-refractivity contribution in [1.29, 1.82) is 0 Å². The van der Waals surface area contributed by atoms with Crippen molar-refractivity contribution in [2.45, 2.75) is 25.7 Å². The summed E-state index contributed by atoms with van der Waals surface area (Å²) in [5.41, 5.74) is 11.7. The maximum Gasteiger partial charge on any atom is 0.0496 e. The second-order valence-corrected chi connectivity index (χ2v) is 9.86. The normalized spacial score (nSPS) is 13.2. The molecule has 0 amide bonds. The second kappa shape index (κ2) is 8.60. The summed E-state index contributed by atoms with van der Waals surface area (Å²) in [6, 6.07) is 46.1. The Balaban J connectivity index is 1.52. The van der Waals surface area contributed by atoms with Crippen molar-refractivity contribution in [3.8, 4) is 11.1 Å². The van der Waals surface area contributed by atoms with Gasteiger partial charge in [0.05, 0.1) is 0 Å². The molecule has 0 spiro atoms. The topological polar surface area (TPSA) is 3.24 Å². The van der Waals surface area contributed by atoms with Crippen LogP contribution in [0.25, 0.3) is 11.1 Å². The van der Waals surface area contributed by atoms with E-state index in [1.54, 1.807) is 0 Å². The van der Waals surface area contributed by atoms with E-state index in [4.69, 9.17) is 0 Å². The second-order valence-electron chi connectivity index (χ2n) is 9.86. The summed E-state index contributed by atoms with van der Waals surface area (Å²) in [6.45, 7) is 4.67. The summed E-state index contributed by atoms with van der Waals surface area (Å²) in [5.74, 6) is 0. The van der Waals surface area contributed by atoms with E-state index in [1.165, 1.54) is 50.4 Å². The van der Waals surface area contributed by atoms with Gasteiger partial charge in [-0.05, 0) is 70.1 Å². The zero-order valence-electron chi connectivity index (χ0n) is 20.3. The van der Waals surface area contributed by atoms with Crippen molar-refractivity contribution in [2.24, 2.45) is 0 Å². The zero-order valence-corrected chi connectivity index (χ0v) is 20.3. The summed E-state index contributed by atoms with van der Waals surface area (Å²) in [6.07, 6.45) is 0.890. The average molecular weight is 452 g/mol. The first kappa shape index (κ1) is 21.4. The van der Waals surface area contributed by atoms with Gasteiger partial charge in [-0.15, -0.1) is 0 Å². The van der Waals surface area contributed by atoms with E-state index in [2.05, 4.69) is 146 Å². The molecule has 0 saturated carbocycles. The van der Waals surface area contributed by atoms with Crippen LogP contribution in [0.5, 0.6) is 0 Å². The maximum absolute atomic E-state index is 2.41. The lowest BCUT2D eigenvalue weighted by Crippen LogP contribution is -2.15. The van der Waals surface area contributed by atoms with Crippen LogP contribution in [-0.4, -0.2) is 0 Å². The van der Waals surface area contributed by atoms with E-state index >= 15 is 0 Å². The lowest BCUT2D eigenvalue weighted by atomic mass is 9.82. The Morgan fingerprint density at radius 2 is 1.17 bits per heavy atom. The number of hydrogen-bond donors (Lipinski definition) is 0. The Labute approximate surface area is 208 Å². The Morgan fingerprint density at radius 3 is 1.97 bits per heavy atom. The van der Waals surface area contributed by atoms with Gasteiger partial charge in [-0.1, -0.05) is 111 Å². The standard InChI is InChI=1S/C34H29N/c1-34(2)31-19-11-10-18-29(31)30-24-28(21-22-32(30)34)35(27-16-7-4-8-17-27)33-20-12-9-15-26(33)23-25-13-5-3-6-14-25/h3-22,24H,23H2,1-2H3. The molecule has 0 atom stereocenters. The van der Waals surface area contributed by atoms with Crippen LogP contribution in [0.15, 0.2) is 127 Å². The molecule has 5 aromatic carbocycles. The minimum absolute atomic E-state index is 0.00719. The summed E-state index contributed by atoms with van der Waals surface area (Å²) < 4.78 is 0. The highest BCUT2D eigenvalue weighted by Gasteiger charge is 2.35. The minimum Gasteiger partial charge on any atom is -0.310 e. The van der Waals surface area contributed by atoms with Gasteiger partial charge in [0.15, 0.2) is 0 Å². The lowest BCUT2D eigenvalue weighted by molar-refractivity contribution is 0.660. The third kappa shape index (κ3) is 3.74. The van der Waals surface area contributed by atoms with E-state index in [1.807, 2.05) is 0 Å². The van der Waals surface area contributed by atoms with Crippen LogP contribution in [0.1, 0.15) is 36.1 Å². The molecule has 35 heavy (non-hydrogen) atoms. The summed E-state index contributed by atoms with van der Waals surface area (Å²) in [7, 11) is 0. The smallest absolute Gasteiger partial charge is 0.0496 e. The number of anilines is 3. The molecule has 5 aromatic rings. The average Bonchev–Trinajstić information content (AvgIpc) is 3.13. The molecule has 0 heterocycles. The molecule has 0 unspecified atom stereocenters. The van der Waals surface area contributed by atoms with Crippen molar-refractivity contribution >= 4 is 17.1 Å². The fourth-order valence-corrected chi connectivity index (χ4v) is 5.55. The van der Waals surface area contributed by atoms with Gasteiger partial charge >= 0.3 is 0 Å². The van der Waals surface area contributed by atoms with E-state index in [9.17, 15) is 0 Å². The number of benzene rings is 5. The van der Waals surface area contributed by atoms with Crippen LogP contribution in [0.2, 0.25) is 0 Å². The number of hydrogen-bond acceptors (Lipinski definition) is 1. The first-order valence-electron chi connectivity index (χ1n) is 12.3. The summed E-state index contributed by atoms with van der Waals surface area (Å²) in [5, 5.41) is 0. The van der Waals surface area contributed by atoms with Gasteiger partial charge in [0.2, 0.25) is 0 Å². The van der Waals surface area contributed by atoms with E-state index in [0.717, 1.165) is 6.42 Å². The first-order valence-corrected chi connectivity index (χ1v) is 12.3. The molecule has 1 aliphatic carbocycles. The van der Waals surface area contributed by atoms with Crippen LogP contribution < -0.4 is 4.90 Å². The molecule has 1 heteroatoms. The van der Waals surface area contributed by atoms with Crippen molar-refractivity contribution < 1.29 is 0 Å². The van der Waals surface area contributed by atoms with Gasteiger partial charge in [-0.3, -0.25) is 0 Å². The molecule has 0 N–H and O–H groups in total. The van der Waals surface area contributed by atoms with E-state index < -0.39 is 0 Å². The summed E-state index contributed by atoms with van der Waals surface area (Å²) in [4.78, 5) is 2.41. The fraction of sp³-hybridized carbons (Fsp3) is 0.118. The van der Waals surface area contributed by atoms with Crippen LogP contribution >= 0.6 is 0 Å². The van der Waals surface area contributed by atoms with Crippen LogP contribution in [0, 0.1) is 0 Å². The molecular weight excluding hydrogens is 422 g/mol. The Hall–Kier alpha value is -4.10. The molecule has 0 saturated heterocycles. The molecule has 170 valence electrons. The van der Waals surface area contributed by atoms with Crippen LogP contribution in [0.3, 0.4) is 0 Å². The molecule has 0 aliphatic heterocycles. The number of nitrogens with zero attached hydrogens (tertiary/aromatic N) is 1. The molecule has 0 bridgehead atoms. The van der Waals surface area contributed by atoms with Crippen molar-refractivity contribution in [2.75, 3.05) is 4.90 Å². The molecular formula is C34H29N. The molecule has 0 aromatic heterocycles. The van der Waals surface area contributed by atoms with Gasteiger partial charge in [0, 0.05) is 22.5 Å². The molecule has 1 nitrogen and oxygen atoms in total. The van der Waals surface area contributed by atoms with Gasteiger partial charge in [-0.25, -0.2) is 0 Å². The minimum atomic E-state index is 0.00719. The van der Waals surface area contributed by atoms with Gasteiger partial charge in [0.25, 0.3) is 0 Å². The zero-order chi connectivity index (χ0) is 23.8. The number of rotatable bonds is 5. The highest BCUT2D eigenvalue weighted by atomic mass is 15.1. The maximum atomic E-state index is 2.41. The van der Waals surface area contributed by atoms with Gasteiger partial charge in [-0.2, -0.15) is 0 Å². The summed E-state index contributed by atoms with van der Waals surface area (Å²) >= 11 is 0.